The highest BCUT2D eigenvalue weighted by atomic mass is 16.5. The van der Waals surface area contributed by atoms with E-state index in [1.807, 2.05) is 41.6 Å². The lowest BCUT2D eigenvalue weighted by Crippen LogP contribution is -2.53. The second-order valence-corrected chi connectivity index (χ2v) is 10.4. The molecule has 1 atom stereocenters. The number of ether oxygens (including phenoxy) is 1. The number of nitrogens with one attached hydrogen (secondary N) is 1. The SMILES string of the molecule is Cc1cc(CN2CCN(C(=O)c3cc4c(cc3C)[nH]c(=O)c3cnn(C5CCOCC5)c34)C[C@@H]2C)no1. The van der Waals surface area contributed by atoms with Crippen LogP contribution < -0.4 is 5.56 Å². The first-order valence-electron chi connectivity index (χ1n) is 13.0. The average Bonchev–Trinajstić information content (AvgIpc) is 3.52. The van der Waals surface area contributed by atoms with E-state index in [4.69, 9.17) is 9.26 Å². The molecule has 0 aliphatic carbocycles. The third kappa shape index (κ3) is 4.34. The molecule has 2 fully saturated rings. The number of pyridine rings is 1. The van der Waals surface area contributed by atoms with Crippen molar-refractivity contribution in [3.8, 4) is 0 Å². The fourth-order valence-corrected chi connectivity index (χ4v) is 5.72. The molecule has 2 saturated heterocycles. The van der Waals surface area contributed by atoms with Crippen LogP contribution in [0, 0.1) is 13.8 Å². The van der Waals surface area contributed by atoms with Crippen molar-refractivity contribution in [1.29, 1.82) is 0 Å². The minimum Gasteiger partial charge on any atom is -0.381 e. The van der Waals surface area contributed by atoms with E-state index in [-0.39, 0.29) is 23.6 Å². The molecule has 10 nitrogen and oxygen atoms in total. The summed E-state index contributed by atoms with van der Waals surface area (Å²) in [5.74, 6) is 0.816. The fourth-order valence-electron chi connectivity index (χ4n) is 5.72. The van der Waals surface area contributed by atoms with Gasteiger partial charge >= 0.3 is 0 Å². The van der Waals surface area contributed by atoms with E-state index in [2.05, 4.69) is 27.1 Å². The molecule has 4 aromatic rings. The fraction of sp³-hybridized carbons (Fsp3) is 0.481. The maximum absolute atomic E-state index is 13.8. The summed E-state index contributed by atoms with van der Waals surface area (Å²) in [5.41, 5.74) is 3.77. The van der Waals surface area contributed by atoms with E-state index in [9.17, 15) is 9.59 Å². The number of aryl methyl sites for hydroxylation is 2. The number of rotatable bonds is 4. The zero-order valence-corrected chi connectivity index (χ0v) is 21.5. The molecule has 2 aliphatic rings. The number of hydrogen-bond acceptors (Lipinski definition) is 7. The van der Waals surface area contributed by atoms with Gasteiger partial charge in [-0.15, -0.1) is 0 Å². The molecule has 0 unspecified atom stereocenters. The molecule has 5 heterocycles. The number of carbonyl (C=O) groups excluding carboxylic acids is 1. The lowest BCUT2D eigenvalue weighted by molar-refractivity contribution is 0.0489. The lowest BCUT2D eigenvalue weighted by atomic mass is 10.0. The van der Waals surface area contributed by atoms with Crippen LogP contribution in [0.4, 0.5) is 0 Å². The van der Waals surface area contributed by atoms with Crippen molar-refractivity contribution in [2.24, 2.45) is 0 Å². The summed E-state index contributed by atoms with van der Waals surface area (Å²) >= 11 is 0. The summed E-state index contributed by atoms with van der Waals surface area (Å²) in [6.45, 7) is 10.1. The lowest BCUT2D eigenvalue weighted by Gasteiger charge is -2.39. The van der Waals surface area contributed by atoms with E-state index < -0.39 is 0 Å². The quantitative estimate of drug-likeness (QED) is 0.455. The minimum atomic E-state index is -0.161. The number of benzene rings is 1. The molecule has 0 spiro atoms. The Morgan fingerprint density at radius 2 is 1.95 bits per heavy atom. The minimum absolute atomic E-state index is 0.0136. The number of hydrogen-bond donors (Lipinski definition) is 1. The van der Waals surface area contributed by atoms with Crippen LogP contribution in [0.1, 0.15) is 53.2 Å². The number of aromatic nitrogens is 4. The van der Waals surface area contributed by atoms with Gasteiger partial charge in [-0.3, -0.25) is 19.2 Å². The second-order valence-electron chi connectivity index (χ2n) is 10.4. The topological polar surface area (TPSA) is 109 Å². The number of nitrogens with zero attached hydrogens (tertiary/aromatic N) is 5. The maximum atomic E-state index is 13.8. The summed E-state index contributed by atoms with van der Waals surface area (Å²) in [7, 11) is 0. The standard InChI is InChI=1S/C27H32N6O4/c1-16-10-24-22(25-23(26(34)29-24)13-28-33(25)20-4-8-36-9-5-20)12-21(16)27(35)32-7-6-31(17(2)14-32)15-19-11-18(3)37-30-19/h10-13,17,20H,4-9,14-15H2,1-3H3,(H,29,34)/t17-/m0/s1. The van der Waals surface area contributed by atoms with Crippen LogP contribution >= 0.6 is 0 Å². The number of aromatic amines is 1. The molecule has 194 valence electrons. The van der Waals surface area contributed by atoms with Crippen molar-refractivity contribution >= 4 is 27.7 Å². The van der Waals surface area contributed by atoms with Crippen LogP contribution in [0.3, 0.4) is 0 Å². The first-order chi connectivity index (χ1) is 17.9. The molecule has 1 amide bonds. The molecule has 3 aromatic heterocycles. The van der Waals surface area contributed by atoms with Crippen molar-refractivity contribution in [2.45, 2.75) is 52.2 Å². The summed E-state index contributed by atoms with van der Waals surface area (Å²) in [4.78, 5) is 33.9. The maximum Gasteiger partial charge on any atom is 0.259 e. The molecule has 10 heteroatoms. The van der Waals surface area contributed by atoms with Gasteiger partial charge in [-0.05, 0) is 51.3 Å². The first-order valence-corrected chi connectivity index (χ1v) is 13.0. The van der Waals surface area contributed by atoms with Crippen LogP contribution in [-0.2, 0) is 11.3 Å². The van der Waals surface area contributed by atoms with Crippen molar-refractivity contribution in [3.63, 3.8) is 0 Å². The van der Waals surface area contributed by atoms with E-state index in [1.165, 1.54) is 0 Å². The highest BCUT2D eigenvalue weighted by molar-refractivity contribution is 6.07. The Hall–Kier alpha value is -3.50. The molecular weight excluding hydrogens is 472 g/mol. The van der Waals surface area contributed by atoms with Crippen LogP contribution in [0.2, 0.25) is 0 Å². The van der Waals surface area contributed by atoms with Crippen LogP contribution in [0.15, 0.2) is 33.7 Å². The van der Waals surface area contributed by atoms with Crippen molar-refractivity contribution in [1.82, 2.24) is 29.7 Å². The van der Waals surface area contributed by atoms with Gasteiger partial charge in [0.1, 0.15) is 5.76 Å². The Morgan fingerprint density at radius 1 is 1.14 bits per heavy atom. The Morgan fingerprint density at radius 3 is 2.68 bits per heavy atom. The molecule has 6 rings (SSSR count). The van der Waals surface area contributed by atoms with Crippen molar-refractivity contribution < 1.29 is 14.1 Å². The van der Waals surface area contributed by atoms with Gasteiger partial charge in [-0.2, -0.15) is 5.10 Å². The largest absolute Gasteiger partial charge is 0.381 e. The van der Waals surface area contributed by atoms with Gasteiger partial charge < -0.3 is 19.1 Å². The summed E-state index contributed by atoms with van der Waals surface area (Å²) in [5, 5.41) is 10.1. The summed E-state index contributed by atoms with van der Waals surface area (Å²) in [6, 6.07) is 6.17. The highest BCUT2D eigenvalue weighted by Crippen LogP contribution is 2.30. The highest BCUT2D eigenvalue weighted by Gasteiger charge is 2.29. The van der Waals surface area contributed by atoms with Gasteiger partial charge in [0.25, 0.3) is 11.5 Å². The molecule has 0 bridgehead atoms. The molecule has 1 N–H and O–H groups in total. The molecule has 0 saturated carbocycles. The molecule has 0 radical (unpaired) electrons. The first kappa shape index (κ1) is 23.9. The van der Waals surface area contributed by atoms with E-state index in [1.54, 1.807) is 6.20 Å². The molecule has 1 aromatic carbocycles. The Balaban J connectivity index is 1.32. The van der Waals surface area contributed by atoms with Gasteiger partial charge in [-0.25, -0.2) is 0 Å². The van der Waals surface area contributed by atoms with E-state index in [0.717, 1.165) is 52.8 Å². The third-order valence-electron chi connectivity index (χ3n) is 7.77. The van der Waals surface area contributed by atoms with Crippen LogP contribution in [0.5, 0.6) is 0 Å². The number of amides is 1. The smallest absolute Gasteiger partial charge is 0.259 e. The predicted octanol–water partition coefficient (Wildman–Crippen LogP) is 3.18. The van der Waals surface area contributed by atoms with Gasteiger partial charge in [0.2, 0.25) is 0 Å². The third-order valence-corrected chi connectivity index (χ3v) is 7.77. The van der Waals surface area contributed by atoms with Crippen molar-refractivity contribution in [3.05, 3.63) is 57.3 Å². The normalized spacial score (nSPS) is 19.8. The van der Waals surface area contributed by atoms with Gasteiger partial charge in [0, 0.05) is 62.5 Å². The summed E-state index contributed by atoms with van der Waals surface area (Å²) < 4.78 is 12.7. The van der Waals surface area contributed by atoms with Gasteiger partial charge in [0.05, 0.1) is 34.4 Å². The monoisotopic (exact) mass is 504 g/mol. The number of fused-ring (bicyclic) bond motifs is 3. The van der Waals surface area contributed by atoms with Crippen LogP contribution in [-0.4, -0.2) is 74.5 Å². The van der Waals surface area contributed by atoms with E-state index >= 15 is 0 Å². The molecular formula is C27H32N6O4. The number of piperazine rings is 1. The Labute approximate surface area is 214 Å². The van der Waals surface area contributed by atoms with Gasteiger partial charge in [0.15, 0.2) is 0 Å². The predicted molar refractivity (Wildman–Crippen MR) is 139 cm³/mol. The second kappa shape index (κ2) is 9.42. The molecule has 2 aliphatic heterocycles. The number of H-pyrrole nitrogens is 1. The van der Waals surface area contributed by atoms with Crippen LogP contribution in [0.25, 0.3) is 21.8 Å². The Bertz CT molecular complexity index is 1530. The zero-order chi connectivity index (χ0) is 25.7. The van der Waals surface area contributed by atoms with Gasteiger partial charge in [-0.1, -0.05) is 5.16 Å². The van der Waals surface area contributed by atoms with Crippen molar-refractivity contribution in [2.75, 3.05) is 32.8 Å². The van der Waals surface area contributed by atoms with E-state index in [0.29, 0.717) is 43.8 Å². The summed E-state index contributed by atoms with van der Waals surface area (Å²) in [6.07, 6.45) is 3.33. The molecule has 37 heavy (non-hydrogen) atoms. The zero-order valence-electron chi connectivity index (χ0n) is 21.5. The number of carbonyl (C=O) groups is 1. The average molecular weight is 505 g/mol. The Kier molecular flexibility index (Phi) is 6.08.